The number of alkyl halides is 3. The number of hydrogen-bond donors (Lipinski definition) is 1. The monoisotopic (exact) mass is 434 g/mol. The van der Waals surface area contributed by atoms with E-state index in [0.717, 1.165) is 6.42 Å². The second kappa shape index (κ2) is 6.46. The number of benzene rings is 1. The second-order valence-corrected chi connectivity index (χ2v) is 8.40. The van der Waals surface area contributed by atoms with Crippen LogP contribution in [-0.4, -0.2) is 27.9 Å². The number of rotatable bonds is 3. The quantitative estimate of drug-likeness (QED) is 0.592. The summed E-state index contributed by atoms with van der Waals surface area (Å²) in [6.07, 6.45) is 0.211. The van der Waals surface area contributed by atoms with Crippen LogP contribution in [0.25, 0.3) is 0 Å². The molecule has 1 N–H and O–H groups in total. The van der Waals surface area contributed by atoms with Gasteiger partial charge in [0.1, 0.15) is 0 Å². The predicted octanol–water partition coefficient (Wildman–Crippen LogP) is 3.12. The first-order valence-electron chi connectivity index (χ1n) is 9.12. The number of anilines is 2. The Bertz CT molecular complexity index is 1070. The minimum atomic E-state index is -4.63. The summed E-state index contributed by atoms with van der Waals surface area (Å²) in [6.45, 7) is 0. The van der Waals surface area contributed by atoms with Gasteiger partial charge in [-0.05, 0) is 42.5 Å². The van der Waals surface area contributed by atoms with E-state index in [2.05, 4.69) is 15.5 Å². The molecule has 2 fully saturated rings. The zero-order valence-electron chi connectivity index (χ0n) is 15.1. The fourth-order valence-corrected chi connectivity index (χ4v) is 5.08. The van der Waals surface area contributed by atoms with Crippen molar-refractivity contribution < 1.29 is 27.6 Å². The Morgan fingerprint density at radius 2 is 1.63 bits per heavy atom. The maximum Gasteiger partial charge on any atom is 0.445 e. The molecule has 0 radical (unpaired) electrons. The van der Waals surface area contributed by atoms with Crippen LogP contribution in [0.15, 0.2) is 36.4 Å². The summed E-state index contributed by atoms with van der Waals surface area (Å²) in [4.78, 5) is 39.1. The molecule has 3 aliphatic rings. The average molecular weight is 434 g/mol. The van der Waals surface area contributed by atoms with Gasteiger partial charge in [-0.25, -0.2) is 0 Å². The van der Waals surface area contributed by atoms with Crippen LogP contribution in [0.1, 0.15) is 21.8 Å². The van der Waals surface area contributed by atoms with Crippen molar-refractivity contribution in [1.29, 1.82) is 0 Å². The fourth-order valence-electron chi connectivity index (χ4n) is 4.48. The Morgan fingerprint density at radius 1 is 1.03 bits per heavy atom. The summed E-state index contributed by atoms with van der Waals surface area (Å²) in [6, 6.07) is 5.75. The number of fused-ring (bicyclic) bond motifs is 5. The minimum absolute atomic E-state index is 0.0972. The molecule has 2 bridgehead atoms. The van der Waals surface area contributed by atoms with Gasteiger partial charge in [-0.15, -0.1) is 10.2 Å². The highest BCUT2D eigenvalue weighted by molar-refractivity contribution is 7.15. The van der Waals surface area contributed by atoms with Crippen LogP contribution < -0.4 is 10.2 Å². The molecule has 1 aromatic carbocycles. The lowest BCUT2D eigenvalue weighted by Gasteiger charge is -2.17. The largest absolute Gasteiger partial charge is 0.445 e. The topological polar surface area (TPSA) is 92.3 Å². The molecule has 1 aromatic heterocycles. The van der Waals surface area contributed by atoms with E-state index in [1.807, 2.05) is 12.2 Å². The highest BCUT2D eigenvalue weighted by atomic mass is 32.1. The lowest BCUT2D eigenvalue weighted by Crippen LogP contribution is -2.32. The predicted molar refractivity (Wildman–Crippen MR) is 99.5 cm³/mol. The van der Waals surface area contributed by atoms with Crippen molar-refractivity contribution in [3.8, 4) is 0 Å². The SMILES string of the molecule is O=C(Nc1nnc(C(F)(F)F)s1)c1ccc(N2C(=O)[C@@H]3[C@H](C2=O)[C@H]2C=C[C@H]3C2)cc1. The standard InChI is InChI=1S/C19H13F3N4O3S/c20-19(21,22)17-24-25-18(30-17)23-14(27)8-3-5-11(6-4-8)26-15(28)12-9-1-2-10(7-9)13(12)16(26)29/h1-6,9-10,12-13H,7H2,(H,23,25,27)/t9-,10-,12-,13+/m0/s1. The summed E-state index contributed by atoms with van der Waals surface area (Å²) in [5.74, 6) is -1.59. The number of allylic oxidation sites excluding steroid dienone is 2. The number of amides is 3. The van der Waals surface area contributed by atoms with Gasteiger partial charge in [0, 0.05) is 5.56 Å². The molecule has 2 aliphatic carbocycles. The van der Waals surface area contributed by atoms with Crippen LogP contribution in [-0.2, 0) is 15.8 Å². The Balaban J connectivity index is 1.31. The Labute approximate surface area is 171 Å². The zero-order valence-corrected chi connectivity index (χ0v) is 15.9. The average Bonchev–Trinajstić information content (AvgIpc) is 3.46. The number of halogens is 3. The van der Waals surface area contributed by atoms with E-state index in [-0.39, 0.29) is 57.5 Å². The van der Waals surface area contributed by atoms with E-state index in [0.29, 0.717) is 5.69 Å². The number of hydrogen-bond acceptors (Lipinski definition) is 6. The molecule has 7 nitrogen and oxygen atoms in total. The molecule has 30 heavy (non-hydrogen) atoms. The molecule has 4 atom stereocenters. The van der Waals surface area contributed by atoms with Gasteiger partial charge >= 0.3 is 6.18 Å². The van der Waals surface area contributed by atoms with E-state index in [9.17, 15) is 27.6 Å². The van der Waals surface area contributed by atoms with Crippen LogP contribution in [0.4, 0.5) is 24.0 Å². The first kappa shape index (κ1) is 18.9. The van der Waals surface area contributed by atoms with E-state index < -0.39 is 17.1 Å². The van der Waals surface area contributed by atoms with Crippen LogP contribution in [0.2, 0.25) is 0 Å². The van der Waals surface area contributed by atoms with Crippen molar-refractivity contribution in [2.24, 2.45) is 23.7 Å². The van der Waals surface area contributed by atoms with Crippen LogP contribution in [0.5, 0.6) is 0 Å². The third-order valence-electron chi connectivity index (χ3n) is 5.75. The number of nitrogens with one attached hydrogen (secondary N) is 1. The highest BCUT2D eigenvalue weighted by Gasteiger charge is 2.59. The summed E-state index contributed by atoms with van der Waals surface area (Å²) in [5, 5.41) is 7.14. The molecule has 154 valence electrons. The van der Waals surface area contributed by atoms with Crippen molar-refractivity contribution in [2.75, 3.05) is 10.2 Å². The van der Waals surface area contributed by atoms with Crippen molar-refractivity contribution >= 4 is 39.9 Å². The molecule has 1 saturated heterocycles. The van der Waals surface area contributed by atoms with E-state index >= 15 is 0 Å². The maximum atomic E-state index is 12.8. The van der Waals surface area contributed by atoms with E-state index in [1.165, 1.54) is 29.2 Å². The smallest absolute Gasteiger partial charge is 0.296 e. The summed E-state index contributed by atoms with van der Waals surface area (Å²) in [5.41, 5.74) is 0.508. The van der Waals surface area contributed by atoms with Gasteiger partial charge in [0.2, 0.25) is 22.0 Å². The van der Waals surface area contributed by atoms with Gasteiger partial charge < -0.3 is 0 Å². The van der Waals surface area contributed by atoms with Crippen LogP contribution in [0.3, 0.4) is 0 Å². The fraction of sp³-hybridized carbons (Fsp3) is 0.316. The summed E-state index contributed by atoms with van der Waals surface area (Å²) in [7, 11) is 0. The molecule has 1 aliphatic heterocycles. The molecule has 1 saturated carbocycles. The normalized spacial score (nSPS) is 27.1. The lowest BCUT2D eigenvalue weighted by molar-refractivity contribution is -0.138. The molecule has 2 aromatic rings. The molecule has 0 unspecified atom stereocenters. The van der Waals surface area contributed by atoms with Crippen molar-refractivity contribution in [3.05, 3.63) is 47.0 Å². The molecular formula is C19H13F3N4O3S. The molecule has 2 heterocycles. The molecule has 5 rings (SSSR count). The number of imide groups is 1. The lowest BCUT2D eigenvalue weighted by atomic mass is 9.85. The van der Waals surface area contributed by atoms with Gasteiger partial charge in [-0.1, -0.05) is 23.5 Å². The van der Waals surface area contributed by atoms with Gasteiger partial charge in [0.15, 0.2) is 0 Å². The highest BCUT2D eigenvalue weighted by Crippen LogP contribution is 2.53. The molecular weight excluding hydrogens is 421 g/mol. The number of nitrogens with zero attached hydrogens (tertiary/aromatic N) is 3. The van der Waals surface area contributed by atoms with Crippen LogP contribution >= 0.6 is 11.3 Å². The minimum Gasteiger partial charge on any atom is -0.296 e. The Hall–Kier alpha value is -3.08. The maximum absolute atomic E-state index is 12.8. The number of aromatic nitrogens is 2. The van der Waals surface area contributed by atoms with Crippen molar-refractivity contribution in [3.63, 3.8) is 0 Å². The summed E-state index contributed by atoms with van der Waals surface area (Å²) < 4.78 is 37.8. The third kappa shape index (κ3) is 2.83. The molecule has 11 heteroatoms. The number of carbonyl (C=O) groups is 3. The zero-order chi connectivity index (χ0) is 21.2. The van der Waals surface area contributed by atoms with E-state index in [4.69, 9.17) is 0 Å². The van der Waals surface area contributed by atoms with Gasteiger partial charge in [0.25, 0.3) is 5.91 Å². The Kier molecular flexibility index (Phi) is 4.07. The Morgan fingerprint density at radius 3 is 2.17 bits per heavy atom. The van der Waals surface area contributed by atoms with E-state index in [1.54, 1.807) is 0 Å². The molecule has 3 amide bonds. The first-order chi connectivity index (χ1) is 14.2. The molecule has 0 spiro atoms. The number of carbonyl (C=O) groups excluding carboxylic acids is 3. The van der Waals surface area contributed by atoms with Gasteiger partial charge in [-0.3, -0.25) is 24.6 Å². The van der Waals surface area contributed by atoms with Crippen molar-refractivity contribution in [1.82, 2.24) is 10.2 Å². The van der Waals surface area contributed by atoms with Gasteiger partial charge in [-0.2, -0.15) is 13.2 Å². The van der Waals surface area contributed by atoms with Gasteiger partial charge in [0.05, 0.1) is 17.5 Å². The van der Waals surface area contributed by atoms with Crippen LogP contribution in [0, 0.1) is 23.7 Å². The third-order valence-corrected chi connectivity index (χ3v) is 6.63. The summed E-state index contributed by atoms with van der Waals surface area (Å²) >= 11 is 0.220. The first-order valence-corrected chi connectivity index (χ1v) is 9.94. The second-order valence-electron chi connectivity index (χ2n) is 7.42. The van der Waals surface area contributed by atoms with Crippen molar-refractivity contribution in [2.45, 2.75) is 12.6 Å².